The highest BCUT2D eigenvalue weighted by Crippen LogP contribution is 2.34. The number of ether oxygens (including phenoxy) is 1. The second kappa shape index (κ2) is 7.69. The summed E-state index contributed by atoms with van der Waals surface area (Å²) in [5.41, 5.74) is 3.90. The Morgan fingerprint density at radius 2 is 2.35 bits per heavy atom. The van der Waals surface area contributed by atoms with Crippen molar-refractivity contribution in [2.45, 2.75) is 25.7 Å². The fourth-order valence-electron chi connectivity index (χ4n) is 2.37. The van der Waals surface area contributed by atoms with Crippen LogP contribution < -0.4 is 22.1 Å². The molecule has 1 amide bonds. The van der Waals surface area contributed by atoms with Crippen LogP contribution in [0.2, 0.25) is 0 Å². The summed E-state index contributed by atoms with van der Waals surface area (Å²) in [5, 5.41) is 2.37. The maximum Gasteiger partial charge on any atom is 0.330 e. The third-order valence-electron chi connectivity index (χ3n) is 3.39. The van der Waals surface area contributed by atoms with Gasteiger partial charge >= 0.3 is 5.69 Å². The minimum atomic E-state index is -2.58. The second-order valence-corrected chi connectivity index (χ2v) is 6.51. The molecule has 4 unspecified atom stereocenters. The van der Waals surface area contributed by atoms with E-state index in [1.54, 1.807) is 0 Å². The average molecular weight is 346 g/mol. The Kier molecular flexibility index (Phi) is 5.89. The Bertz CT molecular complexity index is 701. The van der Waals surface area contributed by atoms with E-state index in [-0.39, 0.29) is 25.2 Å². The fraction of sp³-hybridized carbons (Fsp3) is 0.583. The topological polar surface area (TPSA) is 146 Å². The number of nitrogens with two attached hydrogens (primary N) is 1. The molecule has 0 bridgehead atoms. The minimum Gasteiger partial charge on any atom is -0.369 e. The molecule has 1 aromatic heterocycles. The number of aromatic nitrogens is 2. The molecule has 0 radical (unpaired) electrons. The van der Waals surface area contributed by atoms with Gasteiger partial charge in [-0.2, -0.15) is 0 Å². The van der Waals surface area contributed by atoms with Crippen molar-refractivity contribution >= 4 is 14.1 Å². The highest BCUT2D eigenvalue weighted by atomic mass is 31.1. The average Bonchev–Trinajstić information content (AvgIpc) is 2.84. The first-order chi connectivity index (χ1) is 10.9. The summed E-state index contributed by atoms with van der Waals surface area (Å²) in [6, 6.07) is 1.24. The molecule has 1 aliphatic heterocycles. The predicted octanol–water partition coefficient (Wildman–Crippen LogP) is -1.06. The highest BCUT2D eigenvalue weighted by molar-refractivity contribution is 7.36. The summed E-state index contributed by atoms with van der Waals surface area (Å²) in [5.74, 6) is -0.622. The normalized spacial score (nSPS) is 25.3. The lowest BCUT2D eigenvalue weighted by molar-refractivity contribution is -0.116. The van der Waals surface area contributed by atoms with E-state index < -0.39 is 31.6 Å². The Morgan fingerprint density at radius 1 is 1.61 bits per heavy atom. The van der Waals surface area contributed by atoms with Crippen LogP contribution in [0, 0.1) is 5.92 Å². The zero-order valence-corrected chi connectivity index (χ0v) is 13.5. The van der Waals surface area contributed by atoms with Crippen molar-refractivity contribution in [3.63, 3.8) is 0 Å². The Morgan fingerprint density at radius 3 is 3.00 bits per heavy atom. The van der Waals surface area contributed by atoms with Gasteiger partial charge in [0.15, 0.2) is 0 Å². The van der Waals surface area contributed by atoms with E-state index in [0.29, 0.717) is 6.42 Å². The number of carbonyl (C=O) groups excluding carboxylic acids is 1. The van der Waals surface area contributed by atoms with Crippen LogP contribution in [0.5, 0.6) is 0 Å². The number of nitrogens with zero attached hydrogens (tertiary/aromatic N) is 1. The van der Waals surface area contributed by atoms with E-state index >= 15 is 0 Å². The first kappa shape index (κ1) is 17.6. The van der Waals surface area contributed by atoms with Gasteiger partial charge in [0, 0.05) is 18.2 Å². The first-order valence-electron chi connectivity index (χ1n) is 7.02. The molecule has 0 aliphatic carbocycles. The smallest absolute Gasteiger partial charge is 0.330 e. The summed E-state index contributed by atoms with van der Waals surface area (Å²) in [4.78, 5) is 35.6. The Labute approximate surface area is 131 Å². The molecule has 128 valence electrons. The maximum absolute atomic E-state index is 11.8. The van der Waals surface area contributed by atoms with Crippen LogP contribution in [-0.4, -0.2) is 34.7 Å². The Hall–Kier alpha value is -1.74. The first-order valence-corrected chi connectivity index (χ1v) is 8.34. The fourth-order valence-corrected chi connectivity index (χ4v) is 3.13. The summed E-state index contributed by atoms with van der Waals surface area (Å²) in [6.45, 7) is 1.73. The van der Waals surface area contributed by atoms with Gasteiger partial charge in [0.1, 0.15) is 6.23 Å². The third-order valence-corrected chi connectivity index (χ3v) is 4.28. The zero-order valence-electron chi connectivity index (χ0n) is 12.5. The standard InChI is InChI=1S/C12H19N4O6P/c1-7-4-8(6-21-23(20)14-5-9(13)17)22-11(7)16-3-2-10(18)15-12(16)19/h2-3,7-8,11,23H,4-6H2,1H3,(H2,13,17)(H,14,20)(H,15,18,19). The molecule has 11 heteroatoms. The van der Waals surface area contributed by atoms with E-state index in [1.165, 1.54) is 16.8 Å². The van der Waals surface area contributed by atoms with Crippen LogP contribution in [-0.2, 0) is 18.6 Å². The molecule has 1 aromatic rings. The number of aromatic amines is 1. The van der Waals surface area contributed by atoms with Crippen molar-refractivity contribution < 1.29 is 18.6 Å². The van der Waals surface area contributed by atoms with Gasteiger partial charge in [0.25, 0.3) is 13.7 Å². The van der Waals surface area contributed by atoms with Gasteiger partial charge in [0.2, 0.25) is 5.91 Å². The van der Waals surface area contributed by atoms with Crippen LogP contribution in [0.25, 0.3) is 0 Å². The predicted molar refractivity (Wildman–Crippen MR) is 81.2 cm³/mol. The van der Waals surface area contributed by atoms with Crippen LogP contribution >= 0.6 is 8.18 Å². The molecular formula is C12H19N4O6P. The highest BCUT2D eigenvalue weighted by Gasteiger charge is 2.34. The number of primary amides is 1. The van der Waals surface area contributed by atoms with Crippen molar-refractivity contribution in [3.05, 3.63) is 33.1 Å². The van der Waals surface area contributed by atoms with Crippen molar-refractivity contribution in [2.24, 2.45) is 11.7 Å². The lowest BCUT2D eigenvalue weighted by Gasteiger charge is -2.17. The van der Waals surface area contributed by atoms with Gasteiger partial charge < -0.3 is 15.0 Å². The number of hydrogen-bond donors (Lipinski definition) is 3. The van der Waals surface area contributed by atoms with E-state index in [2.05, 4.69) is 10.1 Å². The Balaban J connectivity index is 1.91. The molecule has 4 N–H and O–H groups in total. The van der Waals surface area contributed by atoms with Crippen LogP contribution in [0.15, 0.2) is 21.9 Å². The molecule has 1 fully saturated rings. The second-order valence-electron chi connectivity index (χ2n) is 5.30. The SMILES string of the molecule is CC1CC(CO[PH](=O)NCC(N)=O)OC1n1ccc(=O)[nH]c1=O. The molecule has 0 spiro atoms. The monoisotopic (exact) mass is 346 g/mol. The van der Waals surface area contributed by atoms with Crippen molar-refractivity contribution in [3.8, 4) is 0 Å². The van der Waals surface area contributed by atoms with E-state index in [4.69, 9.17) is 15.0 Å². The zero-order chi connectivity index (χ0) is 17.0. The number of carbonyl (C=O) groups is 1. The van der Waals surface area contributed by atoms with Crippen molar-refractivity contribution in [2.75, 3.05) is 13.2 Å². The maximum atomic E-state index is 11.8. The number of H-pyrrole nitrogens is 1. The van der Waals surface area contributed by atoms with E-state index in [1.807, 2.05) is 6.92 Å². The van der Waals surface area contributed by atoms with Crippen LogP contribution in [0.3, 0.4) is 0 Å². The number of hydrogen-bond acceptors (Lipinski definition) is 6. The molecule has 2 rings (SSSR count). The largest absolute Gasteiger partial charge is 0.369 e. The van der Waals surface area contributed by atoms with E-state index in [9.17, 15) is 18.9 Å². The van der Waals surface area contributed by atoms with Crippen LogP contribution in [0.4, 0.5) is 0 Å². The lowest BCUT2D eigenvalue weighted by Crippen LogP contribution is -2.33. The van der Waals surface area contributed by atoms with Gasteiger partial charge in [-0.05, 0) is 6.42 Å². The summed E-state index contributed by atoms with van der Waals surface area (Å²) >= 11 is 0. The van der Waals surface area contributed by atoms with Crippen LogP contribution in [0.1, 0.15) is 19.6 Å². The van der Waals surface area contributed by atoms with Gasteiger partial charge in [-0.25, -0.2) is 9.88 Å². The molecule has 23 heavy (non-hydrogen) atoms. The summed E-state index contributed by atoms with van der Waals surface area (Å²) < 4.78 is 23.7. The molecular weight excluding hydrogens is 327 g/mol. The molecule has 2 heterocycles. The summed E-state index contributed by atoms with van der Waals surface area (Å²) in [7, 11) is -2.58. The van der Waals surface area contributed by atoms with E-state index in [0.717, 1.165) is 0 Å². The number of rotatable bonds is 7. The van der Waals surface area contributed by atoms with Crippen molar-refractivity contribution in [1.29, 1.82) is 0 Å². The van der Waals surface area contributed by atoms with Crippen molar-refractivity contribution in [1.82, 2.24) is 14.6 Å². The molecule has 0 aromatic carbocycles. The number of nitrogens with one attached hydrogen (secondary N) is 2. The quantitative estimate of drug-likeness (QED) is 0.534. The summed E-state index contributed by atoms with van der Waals surface area (Å²) in [6.07, 6.45) is 1.09. The molecule has 1 aliphatic rings. The van der Waals surface area contributed by atoms with Gasteiger partial charge in [-0.3, -0.25) is 23.7 Å². The molecule has 0 saturated carbocycles. The van der Waals surface area contributed by atoms with Gasteiger partial charge in [-0.1, -0.05) is 6.92 Å². The van der Waals surface area contributed by atoms with Gasteiger partial charge in [-0.15, -0.1) is 0 Å². The molecule has 10 nitrogen and oxygen atoms in total. The molecule has 1 saturated heterocycles. The van der Waals surface area contributed by atoms with Gasteiger partial charge in [0.05, 0.1) is 19.3 Å². The molecule has 4 atom stereocenters. The third kappa shape index (κ3) is 4.87. The minimum absolute atomic E-state index is 0.00750. The lowest BCUT2D eigenvalue weighted by atomic mass is 10.1. The number of amides is 1.